The van der Waals surface area contributed by atoms with Gasteiger partial charge in [-0.15, -0.1) is 0 Å². The van der Waals surface area contributed by atoms with E-state index < -0.39 is 29.3 Å². The van der Waals surface area contributed by atoms with Crippen LogP contribution >= 0.6 is 0 Å². The molecule has 0 amide bonds. The Balaban J connectivity index is 2.01. The molecule has 2 rings (SSSR count). The zero-order chi connectivity index (χ0) is 15.0. The second kappa shape index (κ2) is 5.31. The van der Waals surface area contributed by atoms with E-state index in [9.17, 15) is 22.0 Å². The maximum absolute atomic E-state index is 13.1. The van der Waals surface area contributed by atoms with Gasteiger partial charge in [-0.1, -0.05) is 6.07 Å². The number of alkyl halides is 3. The fourth-order valence-electron chi connectivity index (χ4n) is 2.75. The monoisotopic (exact) mass is 293 g/mol. The van der Waals surface area contributed by atoms with Crippen molar-refractivity contribution in [2.24, 2.45) is 11.7 Å². The Kier molecular flexibility index (Phi) is 4.04. The van der Waals surface area contributed by atoms with E-state index in [2.05, 4.69) is 0 Å². The first-order valence-electron chi connectivity index (χ1n) is 6.49. The third-order valence-corrected chi connectivity index (χ3v) is 3.98. The fraction of sp³-hybridized carbons (Fsp3) is 0.571. The Bertz CT molecular complexity index is 475. The number of hydrogen-bond acceptors (Lipinski definition) is 1. The highest BCUT2D eigenvalue weighted by Crippen LogP contribution is 2.41. The molecule has 112 valence electrons. The van der Waals surface area contributed by atoms with Gasteiger partial charge in [0.05, 0.1) is 5.92 Å². The highest BCUT2D eigenvalue weighted by molar-refractivity contribution is 5.20. The van der Waals surface area contributed by atoms with Crippen LogP contribution in [0.5, 0.6) is 0 Å². The van der Waals surface area contributed by atoms with Crippen LogP contribution in [-0.2, 0) is 6.42 Å². The van der Waals surface area contributed by atoms with Crippen LogP contribution in [0.15, 0.2) is 18.2 Å². The van der Waals surface area contributed by atoms with E-state index in [0.717, 1.165) is 12.1 Å². The maximum Gasteiger partial charge on any atom is 0.391 e. The molecule has 2 N–H and O–H groups in total. The van der Waals surface area contributed by atoms with Gasteiger partial charge < -0.3 is 5.73 Å². The van der Waals surface area contributed by atoms with E-state index in [0.29, 0.717) is 5.56 Å². The van der Waals surface area contributed by atoms with Gasteiger partial charge in [-0.2, -0.15) is 13.2 Å². The predicted octanol–water partition coefficient (Wildman–Crippen LogP) is 3.96. The summed E-state index contributed by atoms with van der Waals surface area (Å²) in [5, 5.41) is 0. The molecule has 1 nitrogen and oxygen atoms in total. The fourth-order valence-corrected chi connectivity index (χ4v) is 2.75. The Morgan fingerprint density at radius 2 is 1.70 bits per heavy atom. The molecule has 1 fully saturated rings. The quantitative estimate of drug-likeness (QED) is 0.821. The van der Waals surface area contributed by atoms with Gasteiger partial charge in [0.15, 0.2) is 11.6 Å². The lowest BCUT2D eigenvalue weighted by molar-refractivity contribution is -0.184. The normalized spacial score (nSPS) is 27.6. The minimum Gasteiger partial charge on any atom is -0.325 e. The summed E-state index contributed by atoms with van der Waals surface area (Å²) in [6, 6.07) is 3.48. The van der Waals surface area contributed by atoms with Crippen LogP contribution in [0.2, 0.25) is 0 Å². The molecule has 0 aromatic heterocycles. The van der Waals surface area contributed by atoms with Crippen LogP contribution in [0.1, 0.15) is 31.2 Å². The average molecular weight is 293 g/mol. The lowest BCUT2D eigenvalue weighted by atomic mass is 9.74. The van der Waals surface area contributed by atoms with E-state index >= 15 is 0 Å². The summed E-state index contributed by atoms with van der Waals surface area (Å²) in [6.45, 7) is 0. The zero-order valence-electron chi connectivity index (χ0n) is 10.8. The number of halogens is 5. The largest absolute Gasteiger partial charge is 0.391 e. The van der Waals surface area contributed by atoms with Gasteiger partial charge in [-0.05, 0) is 49.8 Å². The van der Waals surface area contributed by atoms with Crippen molar-refractivity contribution in [2.75, 3.05) is 0 Å². The Morgan fingerprint density at radius 1 is 1.10 bits per heavy atom. The summed E-state index contributed by atoms with van der Waals surface area (Å²) in [6.07, 6.45) is -3.47. The number of rotatable bonds is 2. The summed E-state index contributed by atoms with van der Waals surface area (Å²) in [5.74, 6) is -3.21. The molecule has 6 heteroatoms. The maximum atomic E-state index is 13.1. The number of nitrogens with two attached hydrogens (primary N) is 1. The lowest BCUT2D eigenvalue weighted by Crippen LogP contribution is -2.47. The van der Waals surface area contributed by atoms with Crippen molar-refractivity contribution in [2.45, 2.75) is 43.8 Å². The number of hydrogen-bond donors (Lipinski definition) is 1. The van der Waals surface area contributed by atoms with Gasteiger partial charge in [-0.3, -0.25) is 0 Å². The van der Waals surface area contributed by atoms with E-state index in [-0.39, 0.29) is 32.1 Å². The van der Waals surface area contributed by atoms with Crippen molar-refractivity contribution >= 4 is 0 Å². The zero-order valence-corrected chi connectivity index (χ0v) is 10.8. The van der Waals surface area contributed by atoms with E-state index in [4.69, 9.17) is 5.73 Å². The van der Waals surface area contributed by atoms with Crippen molar-refractivity contribution in [3.63, 3.8) is 0 Å². The highest BCUT2D eigenvalue weighted by atomic mass is 19.4. The van der Waals surface area contributed by atoms with Crippen molar-refractivity contribution < 1.29 is 22.0 Å². The van der Waals surface area contributed by atoms with Crippen LogP contribution in [0.4, 0.5) is 22.0 Å². The molecular formula is C14H16F5N. The topological polar surface area (TPSA) is 26.0 Å². The molecule has 1 aliphatic carbocycles. The molecule has 0 atom stereocenters. The van der Waals surface area contributed by atoms with Gasteiger partial charge in [0.25, 0.3) is 0 Å². The SMILES string of the molecule is NC1(Cc2ccc(F)c(F)c2)CCC(C(F)(F)F)CC1. The van der Waals surface area contributed by atoms with Gasteiger partial charge in [0, 0.05) is 5.54 Å². The number of benzene rings is 1. The molecular weight excluding hydrogens is 277 g/mol. The van der Waals surface area contributed by atoms with E-state index in [1.54, 1.807) is 0 Å². The third kappa shape index (κ3) is 3.48. The molecule has 0 spiro atoms. The van der Waals surface area contributed by atoms with Crippen molar-refractivity contribution in [1.82, 2.24) is 0 Å². The molecule has 1 saturated carbocycles. The van der Waals surface area contributed by atoms with Gasteiger partial charge in [-0.25, -0.2) is 8.78 Å². The first-order chi connectivity index (χ1) is 9.20. The summed E-state index contributed by atoms with van der Waals surface area (Å²) >= 11 is 0. The van der Waals surface area contributed by atoms with Crippen molar-refractivity contribution in [3.8, 4) is 0 Å². The molecule has 0 unspecified atom stereocenters. The molecule has 0 saturated heterocycles. The highest BCUT2D eigenvalue weighted by Gasteiger charge is 2.44. The van der Waals surface area contributed by atoms with E-state index in [1.807, 2.05) is 0 Å². The molecule has 1 aliphatic rings. The molecule has 20 heavy (non-hydrogen) atoms. The van der Waals surface area contributed by atoms with Crippen LogP contribution < -0.4 is 5.73 Å². The van der Waals surface area contributed by atoms with E-state index in [1.165, 1.54) is 6.07 Å². The van der Waals surface area contributed by atoms with Gasteiger partial charge in [0.1, 0.15) is 0 Å². The summed E-state index contributed by atoms with van der Waals surface area (Å²) in [5.41, 5.74) is 5.84. The molecule has 0 bridgehead atoms. The second-order valence-electron chi connectivity index (χ2n) is 5.60. The Labute approximate surface area is 114 Å². The van der Waals surface area contributed by atoms with Crippen LogP contribution in [0, 0.1) is 17.6 Å². The lowest BCUT2D eigenvalue weighted by Gasteiger charge is -2.38. The third-order valence-electron chi connectivity index (χ3n) is 3.98. The van der Waals surface area contributed by atoms with Gasteiger partial charge in [0.2, 0.25) is 0 Å². The molecule has 1 aromatic rings. The smallest absolute Gasteiger partial charge is 0.325 e. The predicted molar refractivity (Wildman–Crippen MR) is 65.0 cm³/mol. The Morgan fingerprint density at radius 3 is 2.20 bits per heavy atom. The first kappa shape index (κ1) is 15.2. The Hall–Kier alpha value is -1.17. The second-order valence-corrected chi connectivity index (χ2v) is 5.60. The van der Waals surface area contributed by atoms with Crippen LogP contribution in [0.25, 0.3) is 0 Å². The minimum atomic E-state index is -4.18. The summed E-state index contributed by atoms with van der Waals surface area (Å²) < 4.78 is 63.7. The average Bonchev–Trinajstić information content (AvgIpc) is 2.33. The van der Waals surface area contributed by atoms with Crippen molar-refractivity contribution in [1.29, 1.82) is 0 Å². The van der Waals surface area contributed by atoms with Crippen molar-refractivity contribution in [3.05, 3.63) is 35.4 Å². The summed E-state index contributed by atoms with van der Waals surface area (Å²) in [4.78, 5) is 0. The molecule has 1 aromatic carbocycles. The first-order valence-corrected chi connectivity index (χ1v) is 6.49. The van der Waals surface area contributed by atoms with Crippen LogP contribution in [0.3, 0.4) is 0 Å². The van der Waals surface area contributed by atoms with Gasteiger partial charge >= 0.3 is 6.18 Å². The molecule has 0 radical (unpaired) electrons. The standard InChI is InChI=1S/C14H16F5N/c15-11-2-1-9(7-12(11)16)8-13(20)5-3-10(4-6-13)14(17,18)19/h1-2,7,10H,3-6,8,20H2. The molecule has 0 aliphatic heterocycles. The molecule has 0 heterocycles. The minimum absolute atomic E-state index is 0.0102. The summed E-state index contributed by atoms with van der Waals surface area (Å²) in [7, 11) is 0. The van der Waals surface area contributed by atoms with Crippen LogP contribution in [-0.4, -0.2) is 11.7 Å².